The molecule has 0 bridgehead atoms. The molecular formula is C12H22N2OP+. The monoisotopic (exact) mass is 241 g/mol. The fraction of sp³-hybridized carbons (Fsp3) is 0.667. The Labute approximate surface area is 100 Å². The quantitative estimate of drug-likeness (QED) is 0.525. The summed E-state index contributed by atoms with van der Waals surface area (Å²) in [5.41, 5.74) is 0.936. The Hall–Kier alpha value is -0.840. The second-order valence-electron chi connectivity index (χ2n) is 4.32. The maximum atomic E-state index is 8.52. The van der Waals surface area contributed by atoms with E-state index in [1.54, 1.807) is 6.26 Å². The maximum absolute atomic E-state index is 8.52. The van der Waals surface area contributed by atoms with E-state index in [0.29, 0.717) is 18.5 Å². The number of nitriles is 1. The Bertz CT molecular complexity index is 295. The zero-order valence-electron chi connectivity index (χ0n) is 10.9. The van der Waals surface area contributed by atoms with Crippen molar-refractivity contribution in [3.05, 3.63) is 11.8 Å². The molecule has 0 saturated heterocycles. The summed E-state index contributed by atoms with van der Waals surface area (Å²) in [6.07, 6.45) is 6.13. The van der Waals surface area contributed by atoms with Crippen molar-refractivity contribution in [2.45, 2.75) is 53.1 Å². The molecule has 16 heavy (non-hydrogen) atoms. The second kappa shape index (κ2) is 7.44. The van der Waals surface area contributed by atoms with Crippen molar-refractivity contribution in [1.82, 2.24) is 4.67 Å². The van der Waals surface area contributed by atoms with Gasteiger partial charge in [0.1, 0.15) is 12.6 Å². The van der Waals surface area contributed by atoms with Gasteiger partial charge in [0.2, 0.25) is 0 Å². The highest BCUT2D eigenvalue weighted by molar-refractivity contribution is 7.48. The third kappa shape index (κ3) is 5.30. The summed E-state index contributed by atoms with van der Waals surface area (Å²) < 4.78 is 7.85. The third-order valence-corrected chi connectivity index (χ3v) is 3.84. The van der Waals surface area contributed by atoms with E-state index >= 15 is 0 Å². The predicted molar refractivity (Wildman–Crippen MR) is 71.2 cm³/mol. The lowest BCUT2D eigenvalue weighted by Gasteiger charge is -2.20. The molecule has 0 saturated carbocycles. The third-order valence-electron chi connectivity index (χ3n) is 2.05. The van der Waals surface area contributed by atoms with Gasteiger partial charge in [-0.3, -0.25) is 4.52 Å². The van der Waals surface area contributed by atoms with Crippen molar-refractivity contribution in [1.29, 1.82) is 5.26 Å². The van der Waals surface area contributed by atoms with Crippen LogP contribution in [0.25, 0.3) is 0 Å². The van der Waals surface area contributed by atoms with E-state index < -0.39 is 7.92 Å². The topological polar surface area (TPSA) is 36.3 Å². The zero-order chi connectivity index (χ0) is 12.7. The Morgan fingerprint density at radius 2 is 1.94 bits per heavy atom. The van der Waals surface area contributed by atoms with Gasteiger partial charge in [-0.1, -0.05) is 4.67 Å². The van der Waals surface area contributed by atoms with Crippen LogP contribution in [0.15, 0.2) is 11.8 Å². The lowest BCUT2D eigenvalue weighted by molar-refractivity contribution is 0.299. The van der Waals surface area contributed by atoms with Crippen molar-refractivity contribution >= 4 is 14.2 Å². The second-order valence-corrected chi connectivity index (χ2v) is 5.70. The molecule has 0 N–H and O–H groups in total. The highest BCUT2D eigenvalue weighted by atomic mass is 31.1. The van der Waals surface area contributed by atoms with E-state index in [1.807, 2.05) is 6.92 Å². The van der Waals surface area contributed by atoms with Crippen LogP contribution >= 0.6 is 7.92 Å². The highest BCUT2D eigenvalue weighted by Gasteiger charge is 2.28. The van der Waals surface area contributed by atoms with Crippen LogP contribution in [0.5, 0.6) is 0 Å². The molecule has 0 rings (SSSR count). The largest absolute Gasteiger partial charge is 0.395 e. The first-order valence-electron chi connectivity index (χ1n) is 5.48. The van der Waals surface area contributed by atoms with Crippen molar-refractivity contribution in [3.63, 3.8) is 0 Å². The Morgan fingerprint density at radius 1 is 1.44 bits per heavy atom. The minimum absolute atomic E-state index is 0.409. The van der Waals surface area contributed by atoms with Gasteiger partial charge in [-0.2, -0.15) is 5.26 Å². The van der Waals surface area contributed by atoms with E-state index in [2.05, 4.69) is 44.7 Å². The van der Waals surface area contributed by atoms with E-state index in [9.17, 15) is 0 Å². The van der Waals surface area contributed by atoms with Crippen LogP contribution in [-0.2, 0) is 4.52 Å². The van der Waals surface area contributed by atoms with Crippen LogP contribution in [0.4, 0.5) is 0 Å². The van der Waals surface area contributed by atoms with E-state index in [4.69, 9.17) is 9.79 Å². The maximum Gasteiger partial charge on any atom is 0.395 e. The molecule has 0 aliphatic heterocycles. The first-order valence-corrected chi connectivity index (χ1v) is 6.88. The van der Waals surface area contributed by atoms with Crippen LogP contribution in [0, 0.1) is 11.3 Å². The molecular weight excluding hydrogens is 219 g/mol. The van der Waals surface area contributed by atoms with Gasteiger partial charge in [-0.05, 0) is 40.2 Å². The van der Waals surface area contributed by atoms with Crippen LogP contribution in [-0.4, -0.2) is 23.1 Å². The predicted octanol–water partition coefficient (Wildman–Crippen LogP) is 3.68. The number of hydrogen-bond donors (Lipinski definition) is 0. The average molecular weight is 241 g/mol. The smallest absolute Gasteiger partial charge is 0.278 e. The van der Waals surface area contributed by atoms with Crippen molar-refractivity contribution < 1.29 is 4.52 Å². The van der Waals surface area contributed by atoms with Crippen molar-refractivity contribution in [2.75, 3.05) is 0 Å². The molecule has 1 atom stereocenters. The SMILES string of the molecule is C=[P+](O/C=C(\C)CC#N)N(C(C)C)C(C)C. The number of rotatable bonds is 6. The molecule has 0 spiro atoms. The minimum Gasteiger partial charge on any atom is -0.278 e. The Balaban J connectivity index is 4.45. The lowest BCUT2D eigenvalue weighted by Crippen LogP contribution is -2.30. The summed E-state index contributed by atoms with van der Waals surface area (Å²) in [5.74, 6) is 0. The molecule has 0 aliphatic carbocycles. The summed E-state index contributed by atoms with van der Waals surface area (Å²) in [4.78, 5) is 0. The molecule has 0 heterocycles. The van der Waals surface area contributed by atoms with Crippen LogP contribution in [0.1, 0.15) is 41.0 Å². The van der Waals surface area contributed by atoms with Gasteiger partial charge < -0.3 is 0 Å². The number of nitrogens with zero attached hydrogens (tertiary/aromatic N) is 2. The molecule has 0 aromatic carbocycles. The standard InChI is InChI=1S/C12H22N2OP/c1-10(2)14(11(3)4)16(6)15-9-12(5)7-8-13/h9-11H,6-7H2,1-5H3/q+1/b12-9+. The lowest BCUT2D eigenvalue weighted by atomic mass is 10.3. The summed E-state index contributed by atoms with van der Waals surface area (Å²) in [6.45, 7) is 10.4. The normalized spacial score (nSPS) is 13.2. The van der Waals surface area contributed by atoms with E-state index in [-0.39, 0.29) is 0 Å². The summed E-state index contributed by atoms with van der Waals surface area (Å²) in [6, 6.07) is 2.91. The molecule has 1 unspecified atom stereocenters. The first-order chi connectivity index (χ1) is 7.40. The van der Waals surface area contributed by atoms with Crippen LogP contribution in [0.3, 0.4) is 0 Å². The van der Waals surface area contributed by atoms with Gasteiger partial charge in [-0.25, -0.2) is 0 Å². The molecule has 0 aliphatic rings. The molecule has 0 aromatic rings. The van der Waals surface area contributed by atoms with Gasteiger partial charge >= 0.3 is 7.92 Å². The van der Waals surface area contributed by atoms with Crippen molar-refractivity contribution in [3.8, 4) is 6.07 Å². The molecule has 0 fully saturated rings. The average Bonchev–Trinajstić information content (AvgIpc) is 2.14. The molecule has 0 amide bonds. The molecule has 0 radical (unpaired) electrons. The first kappa shape index (κ1) is 15.2. The van der Waals surface area contributed by atoms with Crippen LogP contribution < -0.4 is 0 Å². The van der Waals surface area contributed by atoms with Gasteiger partial charge in [0.25, 0.3) is 0 Å². The zero-order valence-corrected chi connectivity index (χ0v) is 11.8. The minimum atomic E-state index is -0.869. The van der Waals surface area contributed by atoms with E-state index in [1.165, 1.54) is 0 Å². The number of hydrogen-bond acceptors (Lipinski definition) is 3. The number of allylic oxidation sites excluding steroid dienone is 1. The molecule has 4 heteroatoms. The van der Waals surface area contributed by atoms with Gasteiger partial charge in [0, 0.05) is 12.1 Å². The van der Waals surface area contributed by atoms with Crippen LogP contribution in [0.2, 0.25) is 0 Å². The molecule has 3 nitrogen and oxygen atoms in total. The van der Waals surface area contributed by atoms with Gasteiger partial charge in [0.15, 0.2) is 0 Å². The fourth-order valence-electron chi connectivity index (χ4n) is 1.48. The summed E-state index contributed by atoms with van der Waals surface area (Å²) in [5, 5.41) is 8.52. The van der Waals surface area contributed by atoms with Crippen molar-refractivity contribution in [2.24, 2.45) is 0 Å². The summed E-state index contributed by atoms with van der Waals surface area (Å²) in [7, 11) is -0.869. The molecule has 90 valence electrons. The van der Waals surface area contributed by atoms with Gasteiger partial charge in [-0.15, -0.1) is 0 Å². The Morgan fingerprint density at radius 3 is 2.31 bits per heavy atom. The van der Waals surface area contributed by atoms with Gasteiger partial charge in [0.05, 0.1) is 12.5 Å². The Kier molecular flexibility index (Phi) is 7.05. The summed E-state index contributed by atoms with van der Waals surface area (Å²) >= 11 is 0. The molecule has 0 aromatic heterocycles. The fourth-order valence-corrected chi connectivity index (χ4v) is 2.92. The highest BCUT2D eigenvalue weighted by Crippen LogP contribution is 2.33. The van der Waals surface area contributed by atoms with E-state index in [0.717, 1.165) is 5.57 Å².